The van der Waals surface area contributed by atoms with Crippen LogP contribution in [0.1, 0.15) is 50.3 Å². The molecule has 0 spiro atoms. The number of imidazole rings is 1. The first kappa shape index (κ1) is 14.6. The van der Waals surface area contributed by atoms with Crippen LogP contribution in [0.5, 0.6) is 0 Å². The average Bonchev–Trinajstić information content (AvgIpc) is 2.76. The molecular formula is C18H24N2. The number of hydrogen-bond acceptors (Lipinski definition) is 1. The third-order valence-corrected chi connectivity index (χ3v) is 3.45. The number of hydrogen-bond donors (Lipinski definition) is 0. The van der Waals surface area contributed by atoms with Gasteiger partial charge in [0.2, 0.25) is 0 Å². The summed E-state index contributed by atoms with van der Waals surface area (Å²) in [6.07, 6.45) is 7.23. The fourth-order valence-electron chi connectivity index (χ4n) is 2.22. The summed E-state index contributed by atoms with van der Waals surface area (Å²) in [5, 5.41) is 0. The zero-order valence-electron chi connectivity index (χ0n) is 13.1. The summed E-state index contributed by atoms with van der Waals surface area (Å²) < 4.78 is 2.10. The fourth-order valence-corrected chi connectivity index (χ4v) is 2.22. The maximum absolute atomic E-state index is 4.50. The minimum absolute atomic E-state index is 0.207. The molecule has 1 aromatic heterocycles. The van der Waals surface area contributed by atoms with E-state index in [4.69, 9.17) is 0 Å². The first-order valence-corrected chi connectivity index (χ1v) is 7.23. The van der Waals surface area contributed by atoms with E-state index < -0.39 is 0 Å². The summed E-state index contributed by atoms with van der Waals surface area (Å²) in [5.41, 5.74) is 3.85. The third kappa shape index (κ3) is 3.38. The zero-order valence-corrected chi connectivity index (χ0v) is 13.1. The van der Waals surface area contributed by atoms with E-state index in [2.05, 4.69) is 80.0 Å². The Morgan fingerprint density at radius 2 is 1.80 bits per heavy atom. The average molecular weight is 268 g/mol. The molecule has 2 heteroatoms. The molecule has 0 fully saturated rings. The smallest absolute Gasteiger partial charge is 0.112 e. The predicted octanol–water partition coefficient (Wildman–Crippen LogP) is 4.68. The van der Waals surface area contributed by atoms with Crippen LogP contribution in [0, 0.1) is 6.92 Å². The van der Waals surface area contributed by atoms with Crippen molar-refractivity contribution in [2.75, 3.05) is 0 Å². The van der Waals surface area contributed by atoms with Crippen molar-refractivity contribution in [2.45, 2.75) is 46.5 Å². The molecule has 2 nitrogen and oxygen atoms in total. The molecule has 0 saturated carbocycles. The second kappa shape index (κ2) is 5.66. The molecule has 0 saturated heterocycles. The molecule has 20 heavy (non-hydrogen) atoms. The van der Waals surface area contributed by atoms with E-state index in [0.717, 1.165) is 17.9 Å². The molecule has 0 aliphatic carbocycles. The molecule has 0 amide bonds. The summed E-state index contributed by atoms with van der Waals surface area (Å²) in [5.74, 6) is 1.10. The van der Waals surface area contributed by atoms with Crippen LogP contribution in [0.4, 0.5) is 0 Å². The van der Waals surface area contributed by atoms with E-state index in [1.54, 1.807) is 0 Å². The van der Waals surface area contributed by atoms with E-state index in [1.807, 2.05) is 6.92 Å². The first-order valence-electron chi connectivity index (χ1n) is 7.23. The van der Waals surface area contributed by atoms with E-state index >= 15 is 0 Å². The van der Waals surface area contributed by atoms with Gasteiger partial charge in [0.1, 0.15) is 5.82 Å². The molecular weight excluding hydrogens is 244 g/mol. The van der Waals surface area contributed by atoms with Crippen LogP contribution in [0.3, 0.4) is 0 Å². The quantitative estimate of drug-likeness (QED) is 0.790. The monoisotopic (exact) mass is 268 g/mol. The van der Waals surface area contributed by atoms with Crippen molar-refractivity contribution in [1.82, 2.24) is 9.55 Å². The van der Waals surface area contributed by atoms with Crippen molar-refractivity contribution < 1.29 is 0 Å². The van der Waals surface area contributed by atoms with Gasteiger partial charge in [0.05, 0.1) is 5.69 Å². The third-order valence-electron chi connectivity index (χ3n) is 3.45. The van der Waals surface area contributed by atoms with Gasteiger partial charge in [-0.25, -0.2) is 4.98 Å². The number of rotatable bonds is 3. The van der Waals surface area contributed by atoms with Crippen molar-refractivity contribution in [1.29, 1.82) is 0 Å². The fraction of sp³-hybridized carbons (Fsp3) is 0.389. The summed E-state index contributed by atoms with van der Waals surface area (Å²) >= 11 is 0. The Hall–Kier alpha value is -1.83. The Bertz CT molecular complexity index is 595. The normalized spacial score (nSPS) is 12.2. The number of aromatic nitrogens is 2. The predicted molar refractivity (Wildman–Crippen MR) is 86.7 cm³/mol. The Kier molecular flexibility index (Phi) is 4.12. The number of aryl methyl sites for hydroxylation is 2. The van der Waals surface area contributed by atoms with Crippen LogP contribution in [0.15, 0.2) is 30.5 Å². The van der Waals surface area contributed by atoms with E-state index in [9.17, 15) is 0 Å². The zero-order chi connectivity index (χ0) is 14.8. The summed E-state index contributed by atoms with van der Waals surface area (Å²) in [6, 6.07) is 8.76. The van der Waals surface area contributed by atoms with Crippen LogP contribution in [-0.4, -0.2) is 9.55 Å². The van der Waals surface area contributed by atoms with Crippen LogP contribution in [0.2, 0.25) is 0 Å². The van der Waals surface area contributed by atoms with Crippen molar-refractivity contribution in [3.05, 3.63) is 53.1 Å². The molecule has 0 aliphatic heterocycles. The molecule has 0 bridgehead atoms. The van der Waals surface area contributed by atoms with Crippen LogP contribution in [-0.2, 0) is 11.8 Å². The van der Waals surface area contributed by atoms with E-state index in [0.29, 0.717) is 0 Å². The van der Waals surface area contributed by atoms with Gasteiger partial charge in [0.15, 0.2) is 0 Å². The molecule has 106 valence electrons. The Balaban J connectivity index is 2.19. The first-order chi connectivity index (χ1) is 9.40. The molecule has 1 aromatic carbocycles. The van der Waals surface area contributed by atoms with E-state index in [1.165, 1.54) is 11.1 Å². The molecule has 0 aliphatic rings. The lowest BCUT2D eigenvalue weighted by Crippen LogP contribution is -2.10. The lowest BCUT2D eigenvalue weighted by Gasteiger charge is -2.18. The molecule has 0 radical (unpaired) electrons. The topological polar surface area (TPSA) is 17.8 Å². The van der Waals surface area contributed by atoms with Crippen LogP contribution < -0.4 is 0 Å². The molecule has 0 unspecified atom stereocenters. The maximum atomic E-state index is 4.50. The highest BCUT2D eigenvalue weighted by molar-refractivity contribution is 5.61. The molecule has 2 rings (SSSR count). The molecule has 0 N–H and O–H groups in total. The summed E-state index contributed by atoms with van der Waals surface area (Å²) in [7, 11) is 0. The second-order valence-corrected chi connectivity index (χ2v) is 6.25. The van der Waals surface area contributed by atoms with Crippen molar-refractivity contribution >= 4 is 12.3 Å². The Morgan fingerprint density at radius 1 is 1.15 bits per heavy atom. The lowest BCUT2D eigenvalue weighted by molar-refractivity contribution is 0.590. The highest BCUT2D eigenvalue weighted by Crippen LogP contribution is 2.22. The van der Waals surface area contributed by atoms with Gasteiger partial charge in [-0.3, -0.25) is 0 Å². The highest BCUT2D eigenvalue weighted by Gasteiger charge is 2.12. The lowest BCUT2D eigenvalue weighted by atomic mass is 9.87. The molecule has 2 aromatic rings. The second-order valence-electron chi connectivity index (χ2n) is 6.25. The van der Waals surface area contributed by atoms with Crippen molar-refractivity contribution in [3.8, 4) is 0 Å². The Morgan fingerprint density at radius 3 is 2.35 bits per heavy atom. The van der Waals surface area contributed by atoms with Crippen LogP contribution in [0.25, 0.3) is 12.3 Å². The summed E-state index contributed by atoms with van der Waals surface area (Å²) in [6.45, 7) is 10.9. The van der Waals surface area contributed by atoms with Crippen molar-refractivity contribution in [3.63, 3.8) is 0 Å². The van der Waals surface area contributed by atoms with Gasteiger partial charge < -0.3 is 4.57 Å². The minimum atomic E-state index is 0.207. The van der Waals surface area contributed by atoms with Gasteiger partial charge in [-0.05, 0) is 29.5 Å². The number of benzene rings is 1. The van der Waals surface area contributed by atoms with Gasteiger partial charge in [0, 0.05) is 18.8 Å². The van der Waals surface area contributed by atoms with Gasteiger partial charge in [-0.15, -0.1) is 0 Å². The van der Waals surface area contributed by atoms with E-state index in [-0.39, 0.29) is 5.41 Å². The van der Waals surface area contributed by atoms with Crippen LogP contribution >= 0.6 is 0 Å². The summed E-state index contributed by atoms with van der Waals surface area (Å²) in [4.78, 5) is 4.50. The highest BCUT2D eigenvalue weighted by atomic mass is 15.1. The SMILES string of the molecule is CCc1nc(C)cn1/C=C\c1ccc(C(C)(C)C)cc1. The van der Waals surface area contributed by atoms with Crippen molar-refractivity contribution in [2.24, 2.45) is 0 Å². The van der Waals surface area contributed by atoms with Gasteiger partial charge in [-0.2, -0.15) is 0 Å². The molecule has 0 atom stereocenters. The van der Waals surface area contributed by atoms with Gasteiger partial charge in [-0.1, -0.05) is 52.0 Å². The largest absolute Gasteiger partial charge is 0.310 e. The number of nitrogens with zero attached hydrogens (tertiary/aromatic N) is 2. The maximum Gasteiger partial charge on any atom is 0.112 e. The standard InChI is InChI=1S/C18H24N2/c1-6-17-19-14(2)13-20(17)12-11-15-7-9-16(10-8-15)18(3,4)5/h7-13H,6H2,1-5H3/b12-11-. The van der Waals surface area contributed by atoms with Gasteiger partial charge >= 0.3 is 0 Å². The minimum Gasteiger partial charge on any atom is -0.310 e. The van der Waals surface area contributed by atoms with Gasteiger partial charge in [0.25, 0.3) is 0 Å². The Labute approximate surface area is 122 Å². The molecule has 1 heterocycles.